The normalized spacial score (nSPS) is 11.4. The summed E-state index contributed by atoms with van der Waals surface area (Å²) in [6, 6.07) is 10.4. The standard InChI is InChI=1S/C12H18O2P/c1-2-15(13)14-11-7-6-10-12-8-4-3-5-9-12/h3-5,8-9H,2,6-7,10-11H2,1H3/q+1. The van der Waals surface area contributed by atoms with Gasteiger partial charge in [-0.25, -0.2) is 0 Å². The van der Waals surface area contributed by atoms with Gasteiger partial charge in [-0.15, -0.1) is 4.52 Å². The fraction of sp³-hybridized carbons (Fsp3) is 0.500. The molecule has 15 heavy (non-hydrogen) atoms. The van der Waals surface area contributed by atoms with Crippen molar-refractivity contribution in [3.8, 4) is 0 Å². The molecule has 1 aromatic rings. The van der Waals surface area contributed by atoms with Crippen LogP contribution in [0.25, 0.3) is 0 Å². The second-order valence-corrected chi connectivity index (χ2v) is 4.98. The highest BCUT2D eigenvalue weighted by molar-refractivity contribution is 7.39. The van der Waals surface area contributed by atoms with E-state index < -0.39 is 8.03 Å². The molecule has 3 heteroatoms. The molecule has 0 amide bonds. The maximum atomic E-state index is 11.0. The Hall–Kier alpha value is -0.720. The first-order valence-electron chi connectivity index (χ1n) is 5.44. The summed E-state index contributed by atoms with van der Waals surface area (Å²) in [6.07, 6.45) is 3.77. The van der Waals surface area contributed by atoms with Crippen molar-refractivity contribution >= 4 is 8.03 Å². The first kappa shape index (κ1) is 12.4. The highest BCUT2D eigenvalue weighted by atomic mass is 31.1. The van der Waals surface area contributed by atoms with Crippen LogP contribution < -0.4 is 0 Å². The molecule has 0 fully saturated rings. The number of hydrogen-bond donors (Lipinski definition) is 0. The maximum Gasteiger partial charge on any atom is 0.507 e. The van der Waals surface area contributed by atoms with E-state index in [4.69, 9.17) is 4.52 Å². The zero-order valence-electron chi connectivity index (χ0n) is 9.19. The smallest absolute Gasteiger partial charge is 0.146 e. The van der Waals surface area contributed by atoms with E-state index in [0.29, 0.717) is 12.8 Å². The maximum absolute atomic E-state index is 11.0. The van der Waals surface area contributed by atoms with E-state index in [0.717, 1.165) is 19.3 Å². The summed E-state index contributed by atoms with van der Waals surface area (Å²) in [7, 11) is -1.40. The van der Waals surface area contributed by atoms with Crippen LogP contribution in [-0.2, 0) is 15.5 Å². The van der Waals surface area contributed by atoms with Gasteiger partial charge in [-0.1, -0.05) is 30.3 Å². The van der Waals surface area contributed by atoms with Gasteiger partial charge in [-0.05, 0) is 36.3 Å². The Kier molecular flexibility index (Phi) is 6.22. The molecule has 1 unspecified atom stereocenters. The minimum absolute atomic E-state index is 0.619. The molecule has 0 saturated heterocycles. The molecule has 1 rings (SSSR count). The Morgan fingerprint density at radius 1 is 1.20 bits per heavy atom. The lowest BCUT2D eigenvalue weighted by atomic mass is 10.1. The van der Waals surface area contributed by atoms with Crippen LogP contribution in [0.2, 0.25) is 0 Å². The summed E-state index contributed by atoms with van der Waals surface area (Å²) in [6.45, 7) is 2.50. The SMILES string of the molecule is CC[P+](=O)OCCCCc1ccccc1. The molecule has 1 atom stereocenters. The van der Waals surface area contributed by atoms with Crippen molar-refractivity contribution in [2.75, 3.05) is 12.8 Å². The van der Waals surface area contributed by atoms with Crippen LogP contribution >= 0.6 is 8.03 Å². The second-order valence-electron chi connectivity index (χ2n) is 3.42. The fourth-order valence-electron chi connectivity index (χ4n) is 1.33. The van der Waals surface area contributed by atoms with Crippen LogP contribution in [0.4, 0.5) is 0 Å². The van der Waals surface area contributed by atoms with Crippen molar-refractivity contribution in [2.24, 2.45) is 0 Å². The summed E-state index contributed by atoms with van der Waals surface area (Å²) >= 11 is 0. The van der Waals surface area contributed by atoms with Crippen LogP contribution in [-0.4, -0.2) is 12.8 Å². The van der Waals surface area contributed by atoms with Gasteiger partial charge in [0.15, 0.2) is 6.16 Å². The van der Waals surface area contributed by atoms with Crippen molar-refractivity contribution in [2.45, 2.75) is 26.2 Å². The Morgan fingerprint density at radius 2 is 1.93 bits per heavy atom. The molecular formula is C12H18O2P+. The molecule has 0 aliphatic rings. The van der Waals surface area contributed by atoms with Crippen LogP contribution in [0.15, 0.2) is 30.3 Å². The second kappa shape index (κ2) is 7.56. The molecule has 2 nitrogen and oxygen atoms in total. The monoisotopic (exact) mass is 225 g/mol. The summed E-state index contributed by atoms with van der Waals surface area (Å²) in [5, 5.41) is 0. The van der Waals surface area contributed by atoms with Crippen molar-refractivity contribution in [3.05, 3.63) is 35.9 Å². The molecule has 0 aromatic heterocycles. The van der Waals surface area contributed by atoms with E-state index in [2.05, 4.69) is 24.3 Å². The number of hydrogen-bond acceptors (Lipinski definition) is 2. The predicted molar refractivity (Wildman–Crippen MR) is 63.5 cm³/mol. The van der Waals surface area contributed by atoms with Gasteiger partial charge < -0.3 is 0 Å². The van der Waals surface area contributed by atoms with Gasteiger partial charge >= 0.3 is 8.03 Å². The molecular weight excluding hydrogens is 207 g/mol. The highest BCUT2D eigenvalue weighted by Crippen LogP contribution is 2.21. The first-order chi connectivity index (χ1) is 7.33. The lowest BCUT2D eigenvalue weighted by molar-refractivity contribution is 0.319. The van der Waals surface area contributed by atoms with Crippen LogP contribution in [0.5, 0.6) is 0 Å². The number of benzene rings is 1. The number of rotatable bonds is 7. The van der Waals surface area contributed by atoms with Crippen LogP contribution in [0, 0.1) is 0 Å². The Bertz CT molecular complexity index is 285. The summed E-state index contributed by atoms with van der Waals surface area (Å²) in [5.41, 5.74) is 1.36. The quantitative estimate of drug-likeness (QED) is 0.521. The third kappa shape index (κ3) is 5.66. The van der Waals surface area contributed by atoms with Gasteiger partial charge in [-0.3, -0.25) is 0 Å². The molecule has 0 radical (unpaired) electrons. The van der Waals surface area contributed by atoms with Crippen molar-refractivity contribution in [1.29, 1.82) is 0 Å². The van der Waals surface area contributed by atoms with E-state index in [1.807, 2.05) is 13.0 Å². The van der Waals surface area contributed by atoms with E-state index in [9.17, 15) is 4.57 Å². The van der Waals surface area contributed by atoms with E-state index in [-0.39, 0.29) is 0 Å². The molecule has 0 heterocycles. The fourth-order valence-corrected chi connectivity index (χ4v) is 1.85. The van der Waals surface area contributed by atoms with E-state index >= 15 is 0 Å². The minimum atomic E-state index is -1.40. The molecule has 0 bridgehead atoms. The van der Waals surface area contributed by atoms with Gasteiger partial charge in [0, 0.05) is 0 Å². The topological polar surface area (TPSA) is 26.3 Å². The Balaban J connectivity index is 2.05. The molecule has 1 aromatic carbocycles. The van der Waals surface area contributed by atoms with Gasteiger partial charge in [0.05, 0.1) is 0 Å². The van der Waals surface area contributed by atoms with Crippen molar-refractivity contribution in [3.63, 3.8) is 0 Å². The summed E-state index contributed by atoms with van der Waals surface area (Å²) < 4.78 is 16.1. The zero-order valence-corrected chi connectivity index (χ0v) is 10.1. The molecule has 0 aliphatic heterocycles. The molecule has 0 N–H and O–H groups in total. The molecule has 0 aliphatic carbocycles. The molecule has 82 valence electrons. The van der Waals surface area contributed by atoms with Crippen LogP contribution in [0.1, 0.15) is 25.3 Å². The largest absolute Gasteiger partial charge is 0.507 e. The zero-order chi connectivity index (χ0) is 10.9. The lowest BCUT2D eigenvalue weighted by Crippen LogP contribution is -1.90. The van der Waals surface area contributed by atoms with E-state index in [1.165, 1.54) is 5.56 Å². The highest BCUT2D eigenvalue weighted by Gasteiger charge is 2.11. The first-order valence-corrected chi connectivity index (χ1v) is 6.80. The predicted octanol–water partition coefficient (Wildman–Crippen LogP) is 3.79. The van der Waals surface area contributed by atoms with Crippen LogP contribution in [0.3, 0.4) is 0 Å². The van der Waals surface area contributed by atoms with Gasteiger partial charge in [-0.2, -0.15) is 0 Å². The minimum Gasteiger partial charge on any atom is -0.146 e. The summed E-state index contributed by atoms with van der Waals surface area (Å²) in [5.74, 6) is 0. The number of unbranched alkanes of at least 4 members (excludes halogenated alkanes) is 1. The molecule has 0 saturated carbocycles. The third-order valence-corrected chi connectivity index (χ3v) is 3.18. The average Bonchev–Trinajstić information content (AvgIpc) is 2.29. The van der Waals surface area contributed by atoms with E-state index in [1.54, 1.807) is 0 Å². The van der Waals surface area contributed by atoms with Gasteiger partial charge in [0.2, 0.25) is 0 Å². The van der Waals surface area contributed by atoms with Gasteiger partial charge in [0.25, 0.3) is 0 Å². The van der Waals surface area contributed by atoms with Crippen molar-refractivity contribution < 1.29 is 9.09 Å². The number of aryl methyl sites for hydroxylation is 1. The summed E-state index contributed by atoms with van der Waals surface area (Å²) in [4.78, 5) is 0. The third-order valence-electron chi connectivity index (χ3n) is 2.20. The Labute approximate surface area is 92.5 Å². The van der Waals surface area contributed by atoms with Crippen molar-refractivity contribution in [1.82, 2.24) is 0 Å². The van der Waals surface area contributed by atoms with Gasteiger partial charge in [0.1, 0.15) is 6.61 Å². The Morgan fingerprint density at radius 3 is 2.60 bits per heavy atom. The average molecular weight is 225 g/mol. The molecule has 0 spiro atoms. The lowest BCUT2D eigenvalue weighted by Gasteiger charge is -1.98.